The Balaban J connectivity index is 1.60. The van der Waals surface area contributed by atoms with E-state index in [1.54, 1.807) is 49.5 Å². The number of rotatable bonds is 6. The predicted octanol–water partition coefficient (Wildman–Crippen LogP) is 1.78. The highest BCUT2D eigenvalue weighted by molar-refractivity contribution is 5.89. The lowest BCUT2D eigenvalue weighted by atomic mass is 10.2. The van der Waals surface area contributed by atoms with Crippen LogP contribution in [0.1, 0.15) is 17.3 Å². The Morgan fingerprint density at radius 1 is 1.21 bits per heavy atom. The first-order valence-corrected chi connectivity index (χ1v) is 7.74. The molecule has 7 nitrogen and oxygen atoms in total. The molecule has 0 fully saturated rings. The molecule has 0 amide bonds. The van der Waals surface area contributed by atoms with E-state index in [1.165, 1.54) is 9.08 Å². The van der Waals surface area contributed by atoms with Crippen LogP contribution in [0, 0.1) is 0 Å². The molecule has 0 radical (unpaired) electrons. The molecule has 0 unspecified atom stereocenters. The second-order valence-corrected chi connectivity index (χ2v) is 5.16. The second kappa shape index (κ2) is 6.99. The number of pyridine rings is 1. The summed E-state index contributed by atoms with van der Waals surface area (Å²) in [6, 6.07) is 12.4. The molecule has 0 bridgehead atoms. The van der Waals surface area contributed by atoms with Gasteiger partial charge in [-0.1, -0.05) is 6.07 Å². The fraction of sp³-hybridized carbons (Fsp3) is 0.235. The van der Waals surface area contributed by atoms with E-state index >= 15 is 0 Å². The zero-order valence-electron chi connectivity index (χ0n) is 13.3. The van der Waals surface area contributed by atoms with Crippen molar-refractivity contribution in [3.05, 3.63) is 64.7 Å². The first kappa shape index (κ1) is 15.8. The van der Waals surface area contributed by atoms with Crippen molar-refractivity contribution in [1.29, 1.82) is 0 Å². The van der Waals surface area contributed by atoms with Crippen LogP contribution in [0.5, 0.6) is 0 Å². The maximum atomic E-state index is 12.1. The number of carbonyl (C=O) groups is 1. The fourth-order valence-corrected chi connectivity index (χ4v) is 2.36. The lowest BCUT2D eigenvalue weighted by molar-refractivity contribution is 0.0526. The van der Waals surface area contributed by atoms with E-state index in [9.17, 15) is 9.59 Å². The Morgan fingerprint density at radius 3 is 2.71 bits per heavy atom. The molecule has 0 spiro atoms. The Bertz CT molecular complexity index is 896. The van der Waals surface area contributed by atoms with Gasteiger partial charge in [-0.05, 0) is 43.3 Å². The van der Waals surface area contributed by atoms with Gasteiger partial charge in [-0.2, -0.15) is 0 Å². The fourth-order valence-electron chi connectivity index (χ4n) is 2.36. The molecular formula is C17H18N4O3. The van der Waals surface area contributed by atoms with E-state index in [0.29, 0.717) is 30.9 Å². The molecule has 0 aliphatic rings. The number of hydrogen-bond acceptors (Lipinski definition) is 5. The molecule has 0 saturated heterocycles. The van der Waals surface area contributed by atoms with E-state index in [-0.39, 0.29) is 11.7 Å². The average Bonchev–Trinajstić information content (AvgIpc) is 2.92. The number of hydrogen-bond donors (Lipinski definition) is 1. The lowest BCUT2D eigenvalue weighted by Gasteiger charge is -2.07. The summed E-state index contributed by atoms with van der Waals surface area (Å²) >= 11 is 0. The van der Waals surface area contributed by atoms with Crippen LogP contribution in [0.15, 0.2) is 53.5 Å². The van der Waals surface area contributed by atoms with Crippen LogP contribution in [0.3, 0.4) is 0 Å². The van der Waals surface area contributed by atoms with Gasteiger partial charge in [-0.25, -0.2) is 14.3 Å². The van der Waals surface area contributed by atoms with Crippen molar-refractivity contribution in [2.24, 2.45) is 0 Å². The van der Waals surface area contributed by atoms with E-state index < -0.39 is 0 Å². The van der Waals surface area contributed by atoms with Crippen LogP contribution >= 0.6 is 0 Å². The van der Waals surface area contributed by atoms with Gasteiger partial charge in [0.05, 0.1) is 18.7 Å². The van der Waals surface area contributed by atoms with Gasteiger partial charge in [-0.15, -0.1) is 5.10 Å². The average molecular weight is 326 g/mol. The minimum atomic E-state index is -0.333. The van der Waals surface area contributed by atoms with Gasteiger partial charge in [0.1, 0.15) is 0 Å². The van der Waals surface area contributed by atoms with Crippen molar-refractivity contribution in [2.45, 2.75) is 13.5 Å². The quantitative estimate of drug-likeness (QED) is 0.699. The third-order valence-electron chi connectivity index (χ3n) is 3.54. The SMILES string of the molecule is CCOC(=O)c1ccc(NCCn2nc3ccccn3c2=O)cc1. The Labute approximate surface area is 138 Å². The van der Waals surface area contributed by atoms with E-state index in [1.807, 2.05) is 6.07 Å². The standard InChI is InChI=1S/C17H18N4O3/c1-2-24-16(22)13-6-8-14(9-7-13)18-10-12-21-17(23)20-11-4-3-5-15(20)19-21/h3-9,11,18H,2,10,12H2,1H3. The third kappa shape index (κ3) is 3.29. The Hall–Kier alpha value is -3.09. The summed E-state index contributed by atoms with van der Waals surface area (Å²) in [7, 11) is 0. The highest BCUT2D eigenvalue weighted by atomic mass is 16.5. The largest absolute Gasteiger partial charge is 0.462 e. The molecule has 1 aromatic carbocycles. The molecule has 1 N–H and O–H groups in total. The number of carbonyl (C=O) groups excluding carboxylic acids is 1. The molecule has 0 aliphatic carbocycles. The van der Waals surface area contributed by atoms with Crippen LogP contribution in [0.25, 0.3) is 5.65 Å². The summed E-state index contributed by atoms with van der Waals surface area (Å²) in [6.45, 7) is 3.12. The van der Waals surface area contributed by atoms with E-state index in [4.69, 9.17) is 4.74 Å². The smallest absolute Gasteiger partial charge is 0.350 e. The monoisotopic (exact) mass is 326 g/mol. The predicted molar refractivity (Wildman–Crippen MR) is 90.3 cm³/mol. The van der Waals surface area contributed by atoms with Gasteiger partial charge in [0.15, 0.2) is 5.65 Å². The molecule has 2 aromatic heterocycles. The number of benzene rings is 1. The van der Waals surface area contributed by atoms with E-state index in [2.05, 4.69) is 10.4 Å². The number of ether oxygens (including phenoxy) is 1. The lowest BCUT2D eigenvalue weighted by Crippen LogP contribution is -2.24. The minimum absolute atomic E-state index is 0.162. The molecule has 3 rings (SSSR count). The first-order chi connectivity index (χ1) is 11.7. The minimum Gasteiger partial charge on any atom is -0.462 e. The molecular weight excluding hydrogens is 308 g/mol. The molecule has 2 heterocycles. The van der Waals surface area contributed by atoms with Crippen LogP contribution in [0.4, 0.5) is 5.69 Å². The summed E-state index contributed by atoms with van der Waals surface area (Å²) in [5.41, 5.74) is 1.84. The summed E-state index contributed by atoms with van der Waals surface area (Å²) in [5.74, 6) is -0.333. The highest BCUT2D eigenvalue weighted by Crippen LogP contribution is 2.10. The Kier molecular flexibility index (Phi) is 4.60. The molecule has 124 valence electrons. The molecule has 7 heteroatoms. The van der Waals surface area contributed by atoms with Crippen LogP contribution < -0.4 is 11.0 Å². The van der Waals surface area contributed by atoms with E-state index in [0.717, 1.165) is 5.69 Å². The maximum Gasteiger partial charge on any atom is 0.350 e. The maximum absolute atomic E-state index is 12.1. The molecule has 3 aromatic rings. The zero-order valence-corrected chi connectivity index (χ0v) is 13.3. The number of anilines is 1. The molecule has 0 aliphatic heterocycles. The van der Waals surface area contributed by atoms with Crippen LogP contribution in [0.2, 0.25) is 0 Å². The van der Waals surface area contributed by atoms with Gasteiger partial charge in [-0.3, -0.25) is 4.40 Å². The van der Waals surface area contributed by atoms with Crippen molar-refractivity contribution in [3.63, 3.8) is 0 Å². The second-order valence-electron chi connectivity index (χ2n) is 5.16. The molecule has 0 atom stereocenters. The Morgan fingerprint density at radius 2 is 2.00 bits per heavy atom. The van der Waals surface area contributed by atoms with Gasteiger partial charge >= 0.3 is 11.7 Å². The summed E-state index contributed by atoms with van der Waals surface area (Å²) in [6.07, 6.45) is 1.70. The molecule has 24 heavy (non-hydrogen) atoms. The van der Waals surface area contributed by atoms with Crippen molar-refractivity contribution >= 4 is 17.3 Å². The van der Waals surface area contributed by atoms with Crippen molar-refractivity contribution in [3.8, 4) is 0 Å². The number of aromatic nitrogens is 3. The van der Waals surface area contributed by atoms with Gasteiger partial charge in [0.25, 0.3) is 0 Å². The van der Waals surface area contributed by atoms with Crippen molar-refractivity contribution in [2.75, 3.05) is 18.5 Å². The first-order valence-electron chi connectivity index (χ1n) is 7.74. The van der Waals surface area contributed by atoms with Gasteiger partial charge in [0.2, 0.25) is 0 Å². The number of nitrogens with zero attached hydrogens (tertiary/aromatic N) is 3. The summed E-state index contributed by atoms with van der Waals surface area (Å²) < 4.78 is 7.87. The van der Waals surface area contributed by atoms with Gasteiger partial charge < -0.3 is 10.1 Å². The van der Waals surface area contributed by atoms with Crippen molar-refractivity contribution in [1.82, 2.24) is 14.2 Å². The van der Waals surface area contributed by atoms with Crippen LogP contribution in [-0.2, 0) is 11.3 Å². The van der Waals surface area contributed by atoms with Gasteiger partial charge in [0, 0.05) is 18.4 Å². The normalized spacial score (nSPS) is 10.7. The van der Waals surface area contributed by atoms with Crippen molar-refractivity contribution < 1.29 is 9.53 Å². The number of nitrogens with one attached hydrogen (secondary N) is 1. The third-order valence-corrected chi connectivity index (χ3v) is 3.54. The van der Waals surface area contributed by atoms with Crippen LogP contribution in [-0.4, -0.2) is 33.3 Å². The summed E-state index contributed by atoms with van der Waals surface area (Å²) in [4.78, 5) is 23.7. The topological polar surface area (TPSA) is 77.6 Å². The zero-order chi connectivity index (χ0) is 16.9. The number of fused-ring (bicyclic) bond motifs is 1. The summed E-state index contributed by atoms with van der Waals surface area (Å²) in [5, 5.41) is 7.47. The molecule has 0 saturated carbocycles. The number of esters is 1. The highest BCUT2D eigenvalue weighted by Gasteiger charge is 2.07.